The van der Waals surface area contributed by atoms with Crippen LogP contribution in [0.5, 0.6) is 0 Å². The Labute approximate surface area is 168 Å². The van der Waals surface area contributed by atoms with Crippen LogP contribution in [0.2, 0.25) is 0 Å². The van der Waals surface area contributed by atoms with E-state index < -0.39 is 0 Å². The third-order valence-corrected chi connectivity index (χ3v) is 5.91. The molecule has 1 saturated heterocycles. The van der Waals surface area contributed by atoms with Crippen LogP contribution in [-0.2, 0) is 4.79 Å². The molecule has 1 saturated carbocycles. The summed E-state index contributed by atoms with van der Waals surface area (Å²) in [7, 11) is 3.96. The number of nitrogens with one attached hydrogen (secondary N) is 1. The lowest BCUT2D eigenvalue weighted by molar-refractivity contribution is -0.128. The topological polar surface area (TPSA) is 62.6 Å². The van der Waals surface area contributed by atoms with Crippen LogP contribution in [0.25, 0.3) is 0 Å². The van der Waals surface area contributed by atoms with Crippen LogP contribution in [0.15, 0.2) is 36.0 Å². The summed E-state index contributed by atoms with van der Waals surface area (Å²) in [6.07, 6.45) is 7.15. The minimum Gasteiger partial charge on any atom is -0.369 e. The number of carbonyl (C=O) groups excluding carboxylic acids is 1. The summed E-state index contributed by atoms with van der Waals surface area (Å²) in [5.74, 6) is -0.198. The third-order valence-electron chi connectivity index (χ3n) is 5.91. The van der Waals surface area contributed by atoms with Crippen molar-refractivity contribution in [3.8, 4) is 6.07 Å². The Balaban J connectivity index is 1.59. The molecule has 1 N–H and O–H groups in total. The zero-order valence-electron chi connectivity index (χ0n) is 17.0. The van der Waals surface area contributed by atoms with E-state index in [0.29, 0.717) is 0 Å². The van der Waals surface area contributed by atoms with Crippen molar-refractivity contribution >= 4 is 17.3 Å². The second-order valence-electron chi connectivity index (χ2n) is 7.86. The fourth-order valence-electron chi connectivity index (χ4n) is 3.95. The Hall–Kier alpha value is -2.52. The Morgan fingerprint density at radius 1 is 1.14 bits per heavy atom. The van der Waals surface area contributed by atoms with E-state index >= 15 is 0 Å². The van der Waals surface area contributed by atoms with Crippen molar-refractivity contribution < 1.29 is 4.79 Å². The van der Waals surface area contributed by atoms with Crippen LogP contribution in [0, 0.1) is 11.3 Å². The Bertz CT molecular complexity index is 722. The summed E-state index contributed by atoms with van der Waals surface area (Å²) in [4.78, 5) is 19.1. The van der Waals surface area contributed by atoms with Gasteiger partial charge in [0.15, 0.2) is 0 Å². The molecule has 6 nitrogen and oxygen atoms in total. The molecule has 6 heteroatoms. The molecule has 0 aromatic heterocycles. The number of piperazine rings is 1. The predicted octanol–water partition coefficient (Wildman–Crippen LogP) is 3.05. The normalized spacial score (nSPS) is 19.2. The molecule has 2 fully saturated rings. The van der Waals surface area contributed by atoms with Crippen LogP contribution in [-0.4, -0.2) is 62.0 Å². The summed E-state index contributed by atoms with van der Waals surface area (Å²) in [5.41, 5.74) is 2.23. The van der Waals surface area contributed by atoms with E-state index in [9.17, 15) is 10.1 Å². The number of nitrogens with zero attached hydrogens (tertiary/aromatic N) is 4. The van der Waals surface area contributed by atoms with Gasteiger partial charge in [-0.15, -0.1) is 0 Å². The van der Waals surface area contributed by atoms with Crippen molar-refractivity contribution in [3.05, 3.63) is 36.0 Å². The maximum atomic E-state index is 12.7. The quantitative estimate of drug-likeness (QED) is 0.627. The van der Waals surface area contributed by atoms with Gasteiger partial charge in [-0.2, -0.15) is 5.26 Å². The first kappa shape index (κ1) is 20.2. The summed E-state index contributed by atoms with van der Waals surface area (Å²) < 4.78 is 0. The molecule has 3 rings (SSSR count). The predicted molar refractivity (Wildman–Crippen MR) is 113 cm³/mol. The summed E-state index contributed by atoms with van der Waals surface area (Å²) in [6.45, 7) is 4.21. The Kier molecular flexibility index (Phi) is 6.94. The van der Waals surface area contributed by atoms with Crippen LogP contribution in [0.4, 0.5) is 11.4 Å². The minimum absolute atomic E-state index is 0.149. The van der Waals surface area contributed by atoms with Crippen LogP contribution in [0.1, 0.15) is 32.1 Å². The van der Waals surface area contributed by atoms with E-state index in [1.54, 1.807) is 4.90 Å². The lowest BCUT2D eigenvalue weighted by Gasteiger charge is -2.34. The fraction of sp³-hybridized carbons (Fsp3) is 0.545. The average Bonchev–Trinajstić information content (AvgIpc) is 2.75. The number of anilines is 2. The Morgan fingerprint density at radius 2 is 1.79 bits per heavy atom. The summed E-state index contributed by atoms with van der Waals surface area (Å²) in [5, 5.41) is 12.6. The molecule has 2 aliphatic rings. The number of hydrogen-bond donors (Lipinski definition) is 1. The number of likely N-dealkylation sites (N-methyl/N-ethyl adjacent to an activating group) is 2. The first-order chi connectivity index (χ1) is 13.6. The van der Waals surface area contributed by atoms with Gasteiger partial charge in [-0.1, -0.05) is 19.3 Å². The SMILES string of the molecule is CN1CCN(c2ccc(N/C=C(/C#N)C(=O)N(C)C3CCCCC3)cc2)CC1. The van der Waals surface area contributed by atoms with Gasteiger partial charge < -0.3 is 20.0 Å². The number of rotatable bonds is 5. The van der Waals surface area contributed by atoms with Crippen LogP contribution < -0.4 is 10.2 Å². The van der Waals surface area contributed by atoms with E-state index in [1.165, 1.54) is 18.3 Å². The smallest absolute Gasteiger partial charge is 0.266 e. The van der Waals surface area contributed by atoms with Gasteiger partial charge in [-0.3, -0.25) is 4.79 Å². The first-order valence-electron chi connectivity index (χ1n) is 10.3. The molecular weight excluding hydrogens is 350 g/mol. The van der Waals surface area contributed by atoms with Crippen molar-refractivity contribution in [2.45, 2.75) is 38.1 Å². The number of benzene rings is 1. The van der Waals surface area contributed by atoms with Crippen LogP contribution >= 0.6 is 0 Å². The van der Waals surface area contributed by atoms with Gasteiger partial charge >= 0.3 is 0 Å². The third kappa shape index (κ3) is 5.05. The highest BCUT2D eigenvalue weighted by Gasteiger charge is 2.24. The van der Waals surface area contributed by atoms with Gasteiger partial charge in [-0.25, -0.2) is 0 Å². The molecule has 0 radical (unpaired) electrons. The van der Waals surface area contributed by atoms with Gasteiger partial charge in [0.1, 0.15) is 11.6 Å². The molecule has 0 atom stereocenters. The summed E-state index contributed by atoms with van der Waals surface area (Å²) in [6, 6.07) is 10.5. The monoisotopic (exact) mass is 381 g/mol. The number of carbonyl (C=O) groups is 1. The second kappa shape index (κ2) is 9.61. The molecule has 0 spiro atoms. The lowest BCUT2D eigenvalue weighted by atomic mass is 9.94. The van der Waals surface area contributed by atoms with Crippen LogP contribution in [0.3, 0.4) is 0 Å². The first-order valence-corrected chi connectivity index (χ1v) is 10.3. The van der Waals surface area contributed by atoms with Gasteiger partial charge in [0.25, 0.3) is 5.91 Å². The van der Waals surface area contributed by atoms with Crippen molar-refractivity contribution in [1.82, 2.24) is 9.80 Å². The van der Waals surface area contributed by atoms with E-state index in [-0.39, 0.29) is 17.5 Å². The average molecular weight is 382 g/mol. The van der Waals surface area contributed by atoms with Gasteiger partial charge in [0.05, 0.1) is 0 Å². The molecule has 1 aromatic rings. The molecule has 1 heterocycles. The zero-order valence-corrected chi connectivity index (χ0v) is 17.0. The highest BCUT2D eigenvalue weighted by atomic mass is 16.2. The molecule has 150 valence electrons. The standard InChI is InChI=1S/C22H31N5O/c1-25-12-14-27(15-13-25)21-10-8-19(9-11-21)24-17-18(16-23)22(28)26(2)20-6-4-3-5-7-20/h8-11,17,20,24H,3-7,12-15H2,1-2H3/b18-17-. The van der Waals surface area contributed by atoms with Gasteiger partial charge in [-0.05, 0) is 44.2 Å². The molecular formula is C22H31N5O. The number of nitriles is 1. The van der Waals surface area contributed by atoms with E-state index in [1.807, 2.05) is 19.2 Å². The maximum absolute atomic E-state index is 12.7. The molecule has 1 amide bonds. The minimum atomic E-state index is -0.198. The fourth-order valence-corrected chi connectivity index (χ4v) is 3.95. The molecule has 0 bridgehead atoms. The lowest BCUT2D eigenvalue weighted by Crippen LogP contribution is -2.44. The van der Waals surface area contributed by atoms with Crippen molar-refractivity contribution in [3.63, 3.8) is 0 Å². The number of hydrogen-bond acceptors (Lipinski definition) is 5. The van der Waals surface area contributed by atoms with E-state index in [2.05, 4.69) is 40.4 Å². The van der Waals surface area contributed by atoms with Crippen molar-refractivity contribution in [2.75, 3.05) is 50.5 Å². The van der Waals surface area contributed by atoms with Crippen molar-refractivity contribution in [1.29, 1.82) is 5.26 Å². The number of amides is 1. The van der Waals surface area contributed by atoms with E-state index in [4.69, 9.17) is 0 Å². The Morgan fingerprint density at radius 3 is 2.39 bits per heavy atom. The van der Waals surface area contributed by atoms with E-state index in [0.717, 1.165) is 57.5 Å². The molecule has 1 aliphatic heterocycles. The summed E-state index contributed by atoms with van der Waals surface area (Å²) >= 11 is 0. The molecule has 1 aromatic carbocycles. The highest BCUT2D eigenvalue weighted by molar-refractivity contribution is 5.97. The van der Waals surface area contributed by atoms with Crippen molar-refractivity contribution in [2.24, 2.45) is 0 Å². The molecule has 28 heavy (non-hydrogen) atoms. The molecule has 0 unspecified atom stereocenters. The van der Waals surface area contributed by atoms with Gasteiger partial charge in [0.2, 0.25) is 0 Å². The second-order valence-corrected chi connectivity index (χ2v) is 7.86. The maximum Gasteiger partial charge on any atom is 0.266 e. The largest absolute Gasteiger partial charge is 0.369 e. The zero-order chi connectivity index (χ0) is 19.9. The highest BCUT2D eigenvalue weighted by Crippen LogP contribution is 2.23. The van der Waals surface area contributed by atoms with Gasteiger partial charge in [0, 0.05) is 56.8 Å². The molecule has 1 aliphatic carbocycles.